The Labute approximate surface area is 148 Å². The van der Waals surface area contributed by atoms with Crippen LogP contribution < -0.4 is 0 Å². The summed E-state index contributed by atoms with van der Waals surface area (Å²) in [7, 11) is 0. The van der Waals surface area contributed by atoms with Crippen molar-refractivity contribution < 1.29 is 9.53 Å². The van der Waals surface area contributed by atoms with Gasteiger partial charge in [0.05, 0.1) is 6.61 Å². The molecule has 0 amide bonds. The van der Waals surface area contributed by atoms with Crippen molar-refractivity contribution in [3.05, 3.63) is 28.6 Å². The van der Waals surface area contributed by atoms with Gasteiger partial charge in [0, 0.05) is 29.6 Å². The number of unbranched alkanes of at least 4 members (excludes halogenated alkanes) is 3. The van der Waals surface area contributed by atoms with Crippen molar-refractivity contribution in [2.24, 2.45) is 0 Å². The minimum atomic E-state index is -0.296. The van der Waals surface area contributed by atoms with Crippen LogP contribution in [0.5, 0.6) is 0 Å². The maximum Gasteiger partial charge on any atom is 0.333 e. The molecular weight excluding hydrogens is 328 g/mol. The SMILES string of the molecule is C=C(C)C(=O)OCCCCCCSc1nc(=S)c(C)cn1CC. The lowest BCUT2D eigenvalue weighted by molar-refractivity contribution is -0.139. The molecule has 1 aromatic rings. The third-order valence-corrected chi connectivity index (χ3v) is 4.81. The van der Waals surface area contributed by atoms with Crippen molar-refractivity contribution in [2.75, 3.05) is 12.4 Å². The molecule has 1 heterocycles. The van der Waals surface area contributed by atoms with Gasteiger partial charge in [0.2, 0.25) is 0 Å². The summed E-state index contributed by atoms with van der Waals surface area (Å²) in [5.41, 5.74) is 1.51. The van der Waals surface area contributed by atoms with E-state index < -0.39 is 0 Å². The first kappa shape index (κ1) is 19.9. The molecule has 23 heavy (non-hydrogen) atoms. The van der Waals surface area contributed by atoms with Crippen LogP contribution in [0.25, 0.3) is 0 Å². The normalized spacial score (nSPS) is 10.6. The second-order valence-corrected chi connectivity index (χ2v) is 6.93. The van der Waals surface area contributed by atoms with Crippen LogP contribution in [-0.2, 0) is 16.1 Å². The quantitative estimate of drug-likeness (QED) is 0.152. The first-order valence-electron chi connectivity index (χ1n) is 7.99. The second-order valence-electron chi connectivity index (χ2n) is 5.48. The number of nitrogens with zero attached hydrogens (tertiary/aromatic N) is 2. The van der Waals surface area contributed by atoms with Crippen LogP contribution in [0.3, 0.4) is 0 Å². The molecular formula is C17H26N2O2S2. The zero-order valence-corrected chi connectivity index (χ0v) is 15.9. The van der Waals surface area contributed by atoms with Crippen molar-refractivity contribution in [1.82, 2.24) is 9.55 Å². The Bertz CT molecular complexity index is 597. The lowest BCUT2D eigenvalue weighted by Gasteiger charge is -2.11. The van der Waals surface area contributed by atoms with Gasteiger partial charge in [0.1, 0.15) is 4.64 Å². The van der Waals surface area contributed by atoms with Crippen molar-refractivity contribution in [3.63, 3.8) is 0 Å². The van der Waals surface area contributed by atoms with Crippen molar-refractivity contribution in [2.45, 2.75) is 58.2 Å². The Morgan fingerprint density at radius 2 is 2.09 bits per heavy atom. The number of aromatic nitrogens is 2. The van der Waals surface area contributed by atoms with E-state index in [4.69, 9.17) is 17.0 Å². The Balaban J connectivity index is 2.21. The Kier molecular flexibility index (Phi) is 9.17. The minimum Gasteiger partial charge on any atom is -0.462 e. The molecule has 0 N–H and O–H groups in total. The van der Waals surface area contributed by atoms with Gasteiger partial charge in [0.15, 0.2) is 5.16 Å². The molecule has 128 valence electrons. The van der Waals surface area contributed by atoms with Crippen LogP contribution in [0, 0.1) is 11.6 Å². The fraction of sp³-hybridized carbons (Fsp3) is 0.588. The highest BCUT2D eigenvalue weighted by atomic mass is 32.2. The van der Waals surface area contributed by atoms with Crippen LogP contribution in [0.2, 0.25) is 0 Å². The van der Waals surface area contributed by atoms with Gasteiger partial charge < -0.3 is 9.30 Å². The van der Waals surface area contributed by atoms with Crippen LogP contribution in [-0.4, -0.2) is 27.9 Å². The molecule has 0 radical (unpaired) electrons. The van der Waals surface area contributed by atoms with E-state index in [2.05, 4.69) is 29.3 Å². The zero-order chi connectivity index (χ0) is 17.2. The summed E-state index contributed by atoms with van der Waals surface area (Å²) in [6, 6.07) is 0. The van der Waals surface area contributed by atoms with Crippen LogP contribution in [0.4, 0.5) is 0 Å². The minimum absolute atomic E-state index is 0.296. The molecule has 0 saturated heterocycles. The summed E-state index contributed by atoms with van der Waals surface area (Å²) in [5.74, 6) is 0.728. The number of hydrogen-bond acceptors (Lipinski definition) is 5. The predicted molar refractivity (Wildman–Crippen MR) is 98.4 cm³/mol. The molecule has 0 fully saturated rings. The van der Waals surface area contributed by atoms with E-state index in [-0.39, 0.29) is 5.97 Å². The van der Waals surface area contributed by atoms with E-state index in [1.807, 2.05) is 6.92 Å². The first-order valence-corrected chi connectivity index (χ1v) is 9.38. The smallest absolute Gasteiger partial charge is 0.333 e. The molecule has 6 heteroatoms. The Hall–Kier alpha value is -1.14. The molecule has 0 aromatic carbocycles. The molecule has 0 unspecified atom stereocenters. The number of thioether (sulfide) groups is 1. The van der Waals surface area contributed by atoms with Crippen LogP contribution in [0.15, 0.2) is 23.5 Å². The van der Waals surface area contributed by atoms with Gasteiger partial charge in [-0.25, -0.2) is 9.78 Å². The standard InChI is InChI=1S/C17H26N2O2S2/c1-5-19-12-14(4)15(22)18-17(19)23-11-9-7-6-8-10-21-16(20)13(2)3/h12H,2,5-11H2,1,3-4H3. The molecule has 0 aliphatic rings. The average molecular weight is 355 g/mol. The van der Waals surface area contributed by atoms with Gasteiger partial charge in [-0.3, -0.25) is 0 Å². The van der Waals surface area contributed by atoms with E-state index in [9.17, 15) is 4.79 Å². The van der Waals surface area contributed by atoms with Gasteiger partial charge in [-0.05, 0) is 33.6 Å². The van der Waals surface area contributed by atoms with Gasteiger partial charge in [0.25, 0.3) is 0 Å². The lowest BCUT2D eigenvalue weighted by Crippen LogP contribution is -2.06. The van der Waals surface area contributed by atoms with E-state index in [1.54, 1.807) is 18.7 Å². The molecule has 0 aliphatic carbocycles. The number of ether oxygens (including phenoxy) is 1. The Morgan fingerprint density at radius 1 is 1.39 bits per heavy atom. The maximum atomic E-state index is 11.2. The summed E-state index contributed by atoms with van der Waals surface area (Å²) in [6.45, 7) is 10.7. The second kappa shape index (κ2) is 10.6. The van der Waals surface area contributed by atoms with Crippen LogP contribution >= 0.6 is 24.0 Å². The molecule has 0 saturated carbocycles. The summed E-state index contributed by atoms with van der Waals surface area (Å²) < 4.78 is 7.90. The number of carbonyl (C=O) groups is 1. The van der Waals surface area contributed by atoms with Gasteiger partial charge in [-0.1, -0.05) is 43.4 Å². The van der Waals surface area contributed by atoms with Gasteiger partial charge >= 0.3 is 5.97 Å². The van der Waals surface area contributed by atoms with Crippen molar-refractivity contribution in [1.29, 1.82) is 0 Å². The van der Waals surface area contributed by atoms with Crippen molar-refractivity contribution in [3.8, 4) is 0 Å². The van der Waals surface area contributed by atoms with E-state index in [0.29, 0.717) is 16.8 Å². The van der Waals surface area contributed by atoms with E-state index in [0.717, 1.165) is 48.7 Å². The molecule has 0 atom stereocenters. The number of esters is 1. The number of aryl methyl sites for hydroxylation is 2. The fourth-order valence-corrected chi connectivity index (χ4v) is 3.17. The highest BCUT2D eigenvalue weighted by Gasteiger charge is 2.04. The third-order valence-electron chi connectivity index (χ3n) is 3.32. The van der Waals surface area contributed by atoms with Crippen molar-refractivity contribution >= 4 is 29.9 Å². The maximum absolute atomic E-state index is 11.2. The fourth-order valence-electron chi connectivity index (χ4n) is 1.93. The lowest BCUT2D eigenvalue weighted by atomic mass is 10.2. The topological polar surface area (TPSA) is 44.1 Å². The molecule has 4 nitrogen and oxygen atoms in total. The largest absolute Gasteiger partial charge is 0.462 e. The highest BCUT2D eigenvalue weighted by Crippen LogP contribution is 2.19. The summed E-state index contributed by atoms with van der Waals surface area (Å²) in [4.78, 5) is 15.7. The van der Waals surface area contributed by atoms with Gasteiger partial charge in [-0.2, -0.15) is 0 Å². The Morgan fingerprint density at radius 3 is 2.74 bits per heavy atom. The first-order chi connectivity index (χ1) is 11.0. The monoisotopic (exact) mass is 354 g/mol. The summed E-state index contributed by atoms with van der Waals surface area (Å²) >= 11 is 7.01. The summed E-state index contributed by atoms with van der Waals surface area (Å²) in [6.07, 6.45) is 6.28. The van der Waals surface area contributed by atoms with E-state index in [1.165, 1.54) is 0 Å². The number of carbonyl (C=O) groups excluding carboxylic acids is 1. The van der Waals surface area contributed by atoms with Crippen LogP contribution in [0.1, 0.15) is 45.1 Å². The molecule has 0 bridgehead atoms. The molecule has 0 spiro atoms. The number of rotatable bonds is 10. The number of hydrogen-bond donors (Lipinski definition) is 0. The third kappa shape index (κ3) is 7.31. The zero-order valence-electron chi connectivity index (χ0n) is 14.3. The molecule has 1 rings (SSSR count). The average Bonchev–Trinajstić information content (AvgIpc) is 2.52. The van der Waals surface area contributed by atoms with Gasteiger partial charge in [-0.15, -0.1) is 0 Å². The highest BCUT2D eigenvalue weighted by molar-refractivity contribution is 7.99. The molecule has 1 aromatic heterocycles. The molecule has 0 aliphatic heterocycles. The van der Waals surface area contributed by atoms with E-state index >= 15 is 0 Å². The predicted octanol–water partition coefficient (Wildman–Crippen LogP) is 4.71. The summed E-state index contributed by atoms with van der Waals surface area (Å²) in [5, 5.41) is 0.999.